The number of unbranched alkanes of at least 4 members (excludes halogenated alkanes) is 2. The molecule has 0 fully saturated rings. The van der Waals surface area contributed by atoms with Gasteiger partial charge in [0.05, 0.1) is 59.5 Å². The van der Waals surface area contributed by atoms with Crippen LogP contribution >= 0.6 is 11.6 Å². The molecule has 0 N–H and O–H groups in total. The Labute approximate surface area is 324 Å². The molecule has 0 aliphatic rings. The molecule has 0 unspecified atom stereocenters. The van der Waals surface area contributed by atoms with Gasteiger partial charge in [0.1, 0.15) is 30.4 Å². The van der Waals surface area contributed by atoms with Crippen LogP contribution in [0.1, 0.15) is 79.6 Å². The summed E-state index contributed by atoms with van der Waals surface area (Å²) in [4.78, 5) is 110. The molecular formula is C35H51ClO19. The van der Waals surface area contributed by atoms with Gasteiger partial charge in [0.15, 0.2) is 0 Å². The van der Waals surface area contributed by atoms with Crippen LogP contribution < -0.4 is 0 Å². The van der Waals surface area contributed by atoms with E-state index in [-0.39, 0.29) is 77.0 Å². The topological polar surface area (TPSA) is 254 Å². The van der Waals surface area contributed by atoms with E-state index in [4.69, 9.17) is 30.5 Å². The van der Waals surface area contributed by atoms with Crippen molar-refractivity contribution in [3.05, 3.63) is 24.3 Å². The van der Waals surface area contributed by atoms with E-state index in [9.17, 15) is 47.9 Å². The zero-order valence-electron chi connectivity index (χ0n) is 31.9. The second kappa shape index (κ2) is 35.7. The van der Waals surface area contributed by atoms with Crippen molar-refractivity contribution in [1.29, 1.82) is 0 Å². The predicted octanol–water partition coefficient (Wildman–Crippen LogP) is 2.56. The zero-order valence-corrected chi connectivity index (χ0v) is 32.6. The molecule has 20 heteroatoms. The van der Waals surface area contributed by atoms with Crippen molar-refractivity contribution >= 4 is 70.6 Å². The van der Waals surface area contributed by atoms with Gasteiger partial charge in [0.25, 0.3) is 0 Å². The quantitative estimate of drug-likeness (QED) is 0.0244. The van der Waals surface area contributed by atoms with Gasteiger partial charge in [-0.3, -0.25) is 28.8 Å². The first-order valence-corrected chi connectivity index (χ1v) is 17.4. The van der Waals surface area contributed by atoms with Gasteiger partial charge < -0.3 is 42.6 Å². The van der Waals surface area contributed by atoms with Crippen LogP contribution in [-0.2, 0) is 90.6 Å². The smallest absolute Gasteiger partial charge is 0.344 e. The summed E-state index contributed by atoms with van der Waals surface area (Å²) in [6, 6.07) is 0. The normalized spacial score (nSPS) is 9.49. The van der Waals surface area contributed by atoms with Crippen LogP contribution in [0.4, 0.5) is 0 Å². The van der Waals surface area contributed by atoms with Gasteiger partial charge in [0.2, 0.25) is 5.24 Å². The molecule has 0 aromatic heterocycles. The van der Waals surface area contributed by atoms with E-state index in [0.717, 1.165) is 0 Å². The minimum absolute atomic E-state index is 0.0215. The average molecular weight is 811 g/mol. The summed E-state index contributed by atoms with van der Waals surface area (Å²) in [7, 11) is 0. The van der Waals surface area contributed by atoms with Gasteiger partial charge in [-0.2, -0.15) is 0 Å². The lowest BCUT2D eigenvalue weighted by Crippen LogP contribution is -2.19. The molecule has 55 heavy (non-hydrogen) atoms. The number of carbonyl (C=O) groups is 10. The van der Waals surface area contributed by atoms with Crippen molar-refractivity contribution in [2.75, 3.05) is 59.5 Å². The number of hydrogen-bond donors (Lipinski definition) is 0. The van der Waals surface area contributed by atoms with E-state index < -0.39 is 71.8 Å². The highest BCUT2D eigenvalue weighted by molar-refractivity contribution is 6.64. The van der Waals surface area contributed by atoms with Crippen molar-refractivity contribution in [3.63, 3.8) is 0 Å². The third-order valence-corrected chi connectivity index (χ3v) is 5.52. The number of halogens is 1. The van der Waals surface area contributed by atoms with E-state index in [0.29, 0.717) is 25.7 Å². The SMILES string of the molecule is C=C(C(=O)OCC)C(=O)OCCCCOC(=O)C(=C)C(=O)OCC.CCOC(=O)CC(=O)Cl.CCOC(=O)CC(=O)OCCCCOC(=O)CC(=O)OCC. The lowest BCUT2D eigenvalue weighted by Gasteiger charge is -2.08. The second-order valence-electron chi connectivity index (χ2n) is 9.83. The summed E-state index contributed by atoms with van der Waals surface area (Å²) in [5.41, 5.74) is -0.761. The van der Waals surface area contributed by atoms with Gasteiger partial charge in [-0.1, -0.05) is 13.2 Å². The van der Waals surface area contributed by atoms with Gasteiger partial charge in [-0.15, -0.1) is 0 Å². The summed E-state index contributed by atoms with van der Waals surface area (Å²) in [6.45, 7) is 16.0. The molecule has 0 atom stereocenters. The first kappa shape index (κ1) is 54.0. The van der Waals surface area contributed by atoms with Crippen LogP contribution in [0.3, 0.4) is 0 Å². The molecule has 0 amide bonds. The van der Waals surface area contributed by atoms with Crippen molar-refractivity contribution in [3.8, 4) is 0 Å². The largest absolute Gasteiger partial charge is 0.466 e. The maximum Gasteiger partial charge on any atom is 0.344 e. The molecule has 0 spiro atoms. The van der Waals surface area contributed by atoms with Crippen LogP contribution in [0.5, 0.6) is 0 Å². The van der Waals surface area contributed by atoms with Crippen molar-refractivity contribution in [2.45, 2.75) is 79.6 Å². The van der Waals surface area contributed by atoms with Gasteiger partial charge in [-0.05, 0) is 71.9 Å². The molecule has 0 rings (SSSR count). The molecule has 0 aromatic carbocycles. The third kappa shape index (κ3) is 34.2. The standard InChI is InChI=1S/C16H22O8.C14H22O8.C5H7ClO3/c1-5-21-13(17)11(3)15(19)23-9-7-8-10-24-16(20)12(4)14(18)22-6-2;1-3-19-11(15)9-13(17)21-7-5-6-8-22-14(18)10-12(16)20-4-2;1-2-9-5(8)3-4(6)7/h3-10H2,1-2H3;3-10H2,1-2H3;2-3H2,1H3. The van der Waals surface area contributed by atoms with Gasteiger partial charge in [-0.25, -0.2) is 19.2 Å². The maximum atomic E-state index is 11.5. The highest BCUT2D eigenvalue weighted by Gasteiger charge is 2.19. The van der Waals surface area contributed by atoms with Crippen LogP contribution in [0.25, 0.3) is 0 Å². The van der Waals surface area contributed by atoms with E-state index in [1.807, 2.05) is 0 Å². The highest BCUT2D eigenvalue weighted by Crippen LogP contribution is 2.03. The summed E-state index contributed by atoms with van der Waals surface area (Å²) in [6.07, 6.45) is 0.560. The number of esters is 9. The lowest BCUT2D eigenvalue weighted by atomic mass is 10.3. The molecule has 0 radical (unpaired) electrons. The molecule has 0 aliphatic carbocycles. The van der Waals surface area contributed by atoms with Crippen LogP contribution in [-0.4, -0.2) is 118 Å². The fourth-order valence-electron chi connectivity index (χ4n) is 2.97. The first-order chi connectivity index (χ1) is 26.0. The molecule has 0 aliphatic heterocycles. The number of hydrogen-bond acceptors (Lipinski definition) is 19. The zero-order chi connectivity index (χ0) is 42.6. The highest BCUT2D eigenvalue weighted by atomic mass is 35.5. The lowest BCUT2D eigenvalue weighted by molar-refractivity contribution is -0.157. The third-order valence-electron chi connectivity index (χ3n) is 5.38. The Morgan fingerprint density at radius 2 is 0.600 bits per heavy atom. The number of ether oxygens (including phenoxy) is 9. The van der Waals surface area contributed by atoms with Crippen LogP contribution in [0, 0.1) is 0 Å². The molecule has 0 saturated carbocycles. The van der Waals surface area contributed by atoms with Crippen molar-refractivity contribution in [1.82, 2.24) is 0 Å². The van der Waals surface area contributed by atoms with Crippen molar-refractivity contribution in [2.24, 2.45) is 0 Å². The molecular weight excluding hydrogens is 760 g/mol. The van der Waals surface area contributed by atoms with Gasteiger partial charge in [0, 0.05) is 0 Å². The Kier molecular flexibility index (Phi) is 35.0. The molecule has 19 nitrogen and oxygen atoms in total. The fourth-order valence-corrected chi connectivity index (χ4v) is 3.08. The fraction of sp³-hybridized carbons (Fsp3) is 0.600. The Morgan fingerprint density at radius 3 is 0.873 bits per heavy atom. The monoisotopic (exact) mass is 810 g/mol. The molecule has 0 saturated heterocycles. The summed E-state index contributed by atoms with van der Waals surface area (Å²) in [5.74, 6) is -6.50. The van der Waals surface area contributed by atoms with E-state index >= 15 is 0 Å². The van der Waals surface area contributed by atoms with E-state index in [1.165, 1.54) is 0 Å². The molecule has 0 heterocycles. The molecule has 0 bridgehead atoms. The van der Waals surface area contributed by atoms with Crippen molar-refractivity contribution < 1.29 is 90.6 Å². The Bertz CT molecular complexity index is 1210. The number of carbonyl (C=O) groups excluding carboxylic acids is 10. The predicted molar refractivity (Wildman–Crippen MR) is 188 cm³/mol. The Balaban J connectivity index is -0.000000807. The van der Waals surface area contributed by atoms with Crippen LogP contribution in [0.15, 0.2) is 24.3 Å². The van der Waals surface area contributed by atoms with E-state index in [1.54, 1.807) is 34.6 Å². The summed E-state index contributed by atoms with van der Waals surface area (Å²) >= 11 is 4.87. The van der Waals surface area contributed by atoms with E-state index in [2.05, 4.69) is 36.8 Å². The minimum atomic E-state index is -0.860. The first-order valence-electron chi connectivity index (χ1n) is 17.0. The molecule has 312 valence electrons. The summed E-state index contributed by atoms with van der Waals surface area (Å²) in [5, 5.41) is -0.687. The summed E-state index contributed by atoms with van der Waals surface area (Å²) < 4.78 is 42.1. The van der Waals surface area contributed by atoms with Gasteiger partial charge >= 0.3 is 53.7 Å². The second-order valence-corrected chi connectivity index (χ2v) is 10.2. The minimum Gasteiger partial charge on any atom is -0.466 e. The average Bonchev–Trinajstić information content (AvgIpc) is 3.11. The Hall–Kier alpha value is -5.33. The Morgan fingerprint density at radius 1 is 0.364 bits per heavy atom. The maximum absolute atomic E-state index is 11.5. The molecule has 0 aromatic rings. The van der Waals surface area contributed by atoms with Crippen LogP contribution in [0.2, 0.25) is 0 Å². The number of rotatable bonds is 25.